The van der Waals surface area contributed by atoms with Gasteiger partial charge in [-0.2, -0.15) is 0 Å². The van der Waals surface area contributed by atoms with Crippen LogP contribution >= 0.6 is 0 Å². The third-order valence-corrected chi connectivity index (χ3v) is 3.93. The Kier molecular flexibility index (Phi) is 5.26. The molecular formula is C13H18O2S. The van der Waals surface area contributed by atoms with Crippen molar-refractivity contribution in [3.05, 3.63) is 42.5 Å². The van der Waals surface area contributed by atoms with Gasteiger partial charge < -0.3 is 0 Å². The fourth-order valence-corrected chi connectivity index (χ4v) is 2.51. The van der Waals surface area contributed by atoms with Gasteiger partial charge in [0.2, 0.25) is 0 Å². The van der Waals surface area contributed by atoms with Crippen LogP contribution in [0.5, 0.6) is 0 Å². The molecule has 0 aliphatic heterocycles. The molecular weight excluding hydrogens is 220 g/mol. The standard InChI is InChI=1S/C13H18O2S/c1-2-3-4-5-9-12-16(14,15)13-10-7-6-8-11-13/h5-11H,2-4,12H2,1H3/b9-5+. The highest BCUT2D eigenvalue weighted by Gasteiger charge is 2.10. The van der Waals surface area contributed by atoms with Gasteiger partial charge in [-0.3, -0.25) is 0 Å². The van der Waals surface area contributed by atoms with E-state index in [1.807, 2.05) is 12.1 Å². The van der Waals surface area contributed by atoms with Crippen molar-refractivity contribution in [2.24, 2.45) is 0 Å². The normalized spacial score (nSPS) is 12.1. The molecule has 0 saturated heterocycles. The summed E-state index contributed by atoms with van der Waals surface area (Å²) in [5, 5.41) is 0. The third kappa shape index (κ3) is 4.19. The van der Waals surface area contributed by atoms with Crippen LogP contribution in [-0.4, -0.2) is 14.2 Å². The van der Waals surface area contributed by atoms with E-state index in [4.69, 9.17) is 0 Å². The lowest BCUT2D eigenvalue weighted by molar-refractivity contribution is 0.599. The monoisotopic (exact) mass is 238 g/mol. The molecule has 0 aliphatic carbocycles. The molecule has 1 aromatic carbocycles. The zero-order chi connectivity index (χ0) is 11.9. The molecule has 88 valence electrons. The van der Waals surface area contributed by atoms with Crippen LogP contribution in [0.15, 0.2) is 47.4 Å². The molecule has 0 N–H and O–H groups in total. The van der Waals surface area contributed by atoms with Crippen molar-refractivity contribution in [3.8, 4) is 0 Å². The van der Waals surface area contributed by atoms with Crippen LogP contribution in [-0.2, 0) is 9.84 Å². The second-order valence-electron chi connectivity index (χ2n) is 3.71. The predicted molar refractivity (Wildman–Crippen MR) is 67.2 cm³/mol. The minimum absolute atomic E-state index is 0.0979. The van der Waals surface area contributed by atoms with Crippen LogP contribution in [0.1, 0.15) is 26.2 Å². The van der Waals surface area contributed by atoms with Crippen molar-refractivity contribution in [3.63, 3.8) is 0 Å². The Morgan fingerprint density at radius 2 is 1.81 bits per heavy atom. The molecule has 0 aromatic heterocycles. The highest BCUT2D eigenvalue weighted by molar-refractivity contribution is 7.91. The lowest BCUT2D eigenvalue weighted by Crippen LogP contribution is -2.04. The summed E-state index contributed by atoms with van der Waals surface area (Å²) < 4.78 is 23.6. The zero-order valence-corrected chi connectivity index (χ0v) is 10.4. The summed E-state index contributed by atoms with van der Waals surface area (Å²) in [6, 6.07) is 8.57. The molecule has 2 nitrogen and oxygen atoms in total. The first-order valence-corrected chi connectivity index (χ1v) is 7.25. The minimum atomic E-state index is -3.13. The molecule has 0 fully saturated rings. The van der Waals surface area contributed by atoms with Crippen molar-refractivity contribution in [2.45, 2.75) is 31.1 Å². The van der Waals surface area contributed by atoms with Gasteiger partial charge in [-0.25, -0.2) is 8.42 Å². The van der Waals surface area contributed by atoms with E-state index in [2.05, 4.69) is 6.92 Å². The van der Waals surface area contributed by atoms with E-state index < -0.39 is 9.84 Å². The third-order valence-electron chi connectivity index (χ3n) is 2.31. The molecule has 0 atom stereocenters. The van der Waals surface area contributed by atoms with Gasteiger partial charge in [-0.05, 0) is 18.6 Å². The van der Waals surface area contributed by atoms with E-state index in [9.17, 15) is 8.42 Å². The van der Waals surface area contributed by atoms with Gasteiger partial charge in [0, 0.05) is 0 Å². The lowest BCUT2D eigenvalue weighted by atomic mass is 10.2. The quantitative estimate of drug-likeness (QED) is 0.563. The fourth-order valence-electron chi connectivity index (χ4n) is 1.36. The Labute approximate surface area is 97.9 Å². The summed E-state index contributed by atoms with van der Waals surface area (Å²) in [4.78, 5) is 0.398. The van der Waals surface area contributed by atoms with Crippen molar-refractivity contribution in [1.29, 1.82) is 0 Å². The Morgan fingerprint density at radius 1 is 1.12 bits per heavy atom. The maximum Gasteiger partial charge on any atom is 0.181 e. The van der Waals surface area contributed by atoms with Crippen LogP contribution in [0.25, 0.3) is 0 Å². The number of hydrogen-bond acceptors (Lipinski definition) is 2. The molecule has 1 rings (SSSR count). The highest BCUT2D eigenvalue weighted by Crippen LogP contribution is 2.10. The summed E-state index contributed by atoms with van der Waals surface area (Å²) in [5.74, 6) is 0.0979. The first-order valence-electron chi connectivity index (χ1n) is 5.59. The maximum absolute atomic E-state index is 11.8. The van der Waals surface area contributed by atoms with E-state index >= 15 is 0 Å². The van der Waals surface area contributed by atoms with E-state index in [-0.39, 0.29) is 5.75 Å². The zero-order valence-electron chi connectivity index (χ0n) is 9.59. The summed E-state index contributed by atoms with van der Waals surface area (Å²) >= 11 is 0. The predicted octanol–water partition coefficient (Wildman–Crippen LogP) is 3.21. The van der Waals surface area contributed by atoms with Crippen LogP contribution in [0, 0.1) is 0 Å². The Morgan fingerprint density at radius 3 is 2.44 bits per heavy atom. The molecule has 0 saturated carbocycles. The van der Waals surface area contributed by atoms with Crippen molar-refractivity contribution >= 4 is 9.84 Å². The molecule has 3 heteroatoms. The first-order chi connectivity index (χ1) is 7.67. The minimum Gasteiger partial charge on any atom is -0.223 e. The van der Waals surface area contributed by atoms with Crippen LogP contribution < -0.4 is 0 Å². The average Bonchev–Trinajstić information content (AvgIpc) is 2.30. The number of rotatable bonds is 6. The van der Waals surface area contributed by atoms with Gasteiger partial charge in [0.15, 0.2) is 9.84 Å². The van der Waals surface area contributed by atoms with Crippen molar-refractivity contribution in [2.75, 3.05) is 5.75 Å². The maximum atomic E-state index is 11.8. The highest BCUT2D eigenvalue weighted by atomic mass is 32.2. The van der Waals surface area contributed by atoms with Crippen LogP contribution in [0.4, 0.5) is 0 Å². The molecule has 0 radical (unpaired) electrons. The van der Waals surface area contributed by atoms with E-state index in [1.165, 1.54) is 0 Å². The van der Waals surface area contributed by atoms with Gasteiger partial charge in [0.1, 0.15) is 0 Å². The fraction of sp³-hybridized carbons (Fsp3) is 0.385. The number of allylic oxidation sites excluding steroid dienone is 1. The smallest absolute Gasteiger partial charge is 0.181 e. The molecule has 0 spiro atoms. The molecule has 1 aromatic rings. The number of benzene rings is 1. The average molecular weight is 238 g/mol. The first kappa shape index (κ1) is 13.0. The Hall–Kier alpha value is -1.09. The van der Waals surface area contributed by atoms with Gasteiger partial charge in [-0.1, -0.05) is 50.1 Å². The second kappa shape index (κ2) is 6.48. The molecule has 0 unspecified atom stereocenters. The molecule has 0 aliphatic rings. The second-order valence-corrected chi connectivity index (χ2v) is 5.74. The van der Waals surface area contributed by atoms with Crippen molar-refractivity contribution < 1.29 is 8.42 Å². The number of hydrogen-bond donors (Lipinski definition) is 0. The van der Waals surface area contributed by atoms with E-state index in [0.29, 0.717) is 4.90 Å². The SMILES string of the molecule is CCCC/C=C/CS(=O)(=O)c1ccccc1. The van der Waals surface area contributed by atoms with Gasteiger partial charge in [0.25, 0.3) is 0 Å². The Bertz CT molecular complexity index is 419. The van der Waals surface area contributed by atoms with Crippen LogP contribution in [0.2, 0.25) is 0 Å². The number of unbranched alkanes of at least 4 members (excludes halogenated alkanes) is 2. The topological polar surface area (TPSA) is 34.1 Å². The van der Waals surface area contributed by atoms with Gasteiger partial charge in [0.05, 0.1) is 10.6 Å². The molecule has 0 amide bonds. The van der Waals surface area contributed by atoms with E-state index in [1.54, 1.807) is 30.3 Å². The Balaban J connectivity index is 2.57. The molecule has 16 heavy (non-hydrogen) atoms. The van der Waals surface area contributed by atoms with Crippen LogP contribution in [0.3, 0.4) is 0 Å². The largest absolute Gasteiger partial charge is 0.223 e. The molecule has 0 bridgehead atoms. The van der Waals surface area contributed by atoms with E-state index in [0.717, 1.165) is 19.3 Å². The van der Waals surface area contributed by atoms with Gasteiger partial charge >= 0.3 is 0 Å². The molecule has 0 heterocycles. The van der Waals surface area contributed by atoms with Crippen molar-refractivity contribution in [1.82, 2.24) is 0 Å². The van der Waals surface area contributed by atoms with Gasteiger partial charge in [-0.15, -0.1) is 0 Å². The summed E-state index contributed by atoms with van der Waals surface area (Å²) in [7, 11) is -3.13. The summed E-state index contributed by atoms with van der Waals surface area (Å²) in [5.41, 5.74) is 0. The summed E-state index contributed by atoms with van der Waals surface area (Å²) in [6.45, 7) is 2.12. The number of sulfone groups is 1. The lowest BCUT2D eigenvalue weighted by Gasteiger charge is -2.00. The summed E-state index contributed by atoms with van der Waals surface area (Å²) in [6.07, 6.45) is 6.90.